The fraction of sp³-hybridized carbons (Fsp3) is 0.978. The minimum atomic E-state index is -1.08. The molecule has 0 aromatic carbocycles. The molecule has 3 aliphatic rings. The van der Waals surface area contributed by atoms with Crippen LogP contribution in [0.3, 0.4) is 0 Å². The number of rotatable bonds is 22. The van der Waals surface area contributed by atoms with Crippen molar-refractivity contribution in [3.63, 3.8) is 0 Å². The smallest absolute Gasteiger partial charge is 0.158 e. The van der Waals surface area contributed by atoms with E-state index in [0.717, 1.165) is 19.4 Å². The highest BCUT2D eigenvalue weighted by atomic mass is 19.1. The van der Waals surface area contributed by atoms with E-state index in [1.54, 1.807) is 6.92 Å². The molecule has 3 heterocycles. The molecule has 346 valence electrons. The van der Waals surface area contributed by atoms with Gasteiger partial charge >= 0.3 is 0 Å². The van der Waals surface area contributed by atoms with Gasteiger partial charge in [-0.1, -0.05) is 0 Å². The van der Waals surface area contributed by atoms with Crippen LogP contribution in [0.25, 0.3) is 0 Å². The SMILES string of the molecule is CC(C)OC[C@H]1O[C@@H](C)[C@H](OCC(=O)CCCN(C)C)[C@@H]1OC(C)C.CC(C)O[C@H]1C[C@H](C)OC1[C@@H](C)OC(C)C.CC(C)O[C@H]1[C@@H](F)[C@H](C)O[C@@H]1[C@H](C)OC(C)C. The molecule has 0 N–H and O–H groups in total. The first-order valence-electron chi connectivity index (χ1n) is 22.2. The van der Waals surface area contributed by atoms with Gasteiger partial charge in [0, 0.05) is 12.8 Å². The molecule has 0 aromatic rings. The molecule has 0 saturated carbocycles. The molecule has 0 aliphatic carbocycles. The molecule has 3 saturated heterocycles. The van der Waals surface area contributed by atoms with Crippen LogP contribution >= 0.6 is 0 Å². The maximum Gasteiger partial charge on any atom is 0.158 e. The predicted molar refractivity (Wildman–Crippen MR) is 228 cm³/mol. The van der Waals surface area contributed by atoms with E-state index in [0.29, 0.717) is 13.0 Å². The van der Waals surface area contributed by atoms with Crippen molar-refractivity contribution in [2.24, 2.45) is 0 Å². The van der Waals surface area contributed by atoms with Gasteiger partial charge in [-0.15, -0.1) is 0 Å². The van der Waals surface area contributed by atoms with Crippen LogP contribution in [0, 0.1) is 0 Å². The van der Waals surface area contributed by atoms with E-state index in [1.807, 2.05) is 97.2 Å². The highest BCUT2D eigenvalue weighted by Crippen LogP contribution is 2.32. The summed E-state index contributed by atoms with van der Waals surface area (Å²) in [7, 11) is 4.01. The van der Waals surface area contributed by atoms with Gasteiger partial charge in [-0.05, 0) is 145 Å². The highest BCUT2D eigenvalue weighted by molar-refractivity contribution is 5.79. The topological polar surface area (TPSA) is 113 Å². The molecule has 13 atom stereocenters. The van der Waals surface area contributed by atoms with Gasteiger partial charge in [-0.2, -0.15) is 0 Å². The summed E-state index contributed by atoms with van der Waals surface area (Å²) < 4.78 is 72.1. The van der Waals surface area contributed by atoms with Gasteiger partial charge in [0.25, 0.3) is 0 Å². The van der Waals surface area contributed by atoms with E-state index in [-0.39, 0.29) is 110 Å². The summed E-state index contributed by atoms with van der Waals surface area (Å²) in [6.45, 7) is 35.2. The Labute approximate surface area is 353 Å². The van der Waals surface area contributed by atoms with Gasteiger partial charge in [-0.3, -0.25) is 4.79 Å². The summed E-state index contributed by atoms with van der Waals surface area (Å²) in [6.07, 6.45) is 0.408. The number of carbonyl (C=O) groups is 1. The second kappa shape index (κ2) is 28.0. The maximum absolute atomic E-state index is 14.0. The van der Waals surface area contributed by atoms with E-state index in [4.69, 9.17) is 47.4 Å². The fourth-order valence-electron chi connectivity index (χ4n) is 7.37. The van der Waals surface area contributed by atoms with Crippen molar-refractivity contribution in [2.75, 3.05) is 33.9 Å². The molecule has 58 heavy (non-hydrogen) atoms. The van der Waals surface area contributed by atoms with Gasteiger partial charge in [0.15, 0.2) is 12.0 Å². The molecule has 0 bridgehead atoms. The number of carbonyl (C=O) groups excluding carboxylic acids is 1. The first-order chi connectivity index (χ1) is 26.9. The molecule has 13 heteroatoms. The number of nitrogens with zero attached hydrogens (tertiary/aromatic N) is 1. The number of hydrogen-bond donors (Lipinski definition) is 0. The summed E-state index contributed by atoms with van der Waals surface area (Å²) in [5.74, 6) is 0.124. The number of ether oxygens (including phenoxy) is 10. The van der Waals surface area contributed by atoms with Gasteiger partial charge in [0.05, 0.1) is 79.9 Å². The monoisotopic (exact) mass is 838 g/mol. The maximum atomic E-state index is 14.0. The van der Waals surface area contributed by atoms with E-state index < -0.39 is 18.4 Å². The van der Waals surface area contributed by atoms with E-state index in [9.17, 15) is 9.18 Å². The van der Waals surface area contributed by atoms with Gasteiger partial charge < -0.3 is 52.3 Å². The van der Waals surface area contributed by atoms with Crippen molar-refractivity contribution in [1.29, 1.82) is 0 Å². The third-order valence-corrected chi connectivity index (χ3v) is 9.62. The Morgan fingerprint density at radius 1 is 0.655 bits per heavy atom. The zero-order chi connectivity index (χ0) is 44.4. The lowest BCUT2D eigenvalue weighted by Gasteiger charge is -2.28. The van der Waals surface area contributed by atoms with Crippen LogP contribution in [0.15, 0.2) is 0 Å². The zero-order valence-corrected chi connectivity index (χ0v) is 40.0. The molecule has 0 amide bonds. The summed E-state index contributed by atoms with van der Waals surface area (Å²) in [5.41, 5.74) is 0. The van der Waals surface area contributed by atoms with Crippen molar-refractivity contribution in [2.45, 2.75) is 253 Å². The Bertz CT molecular complexity index is 1080. The average Bonchev–Trinajstić information content (AvgIpc) is 3.69. The van der Waals surface area contributed by atoms with Gasteiger partial charge in [0.2, 0.25) is 0 Å². The van der Waals surface area contributed by atoms with Crippen molar-refractivity contribution in [1.82, 2.24) is 4.90 Å². The first kappa shape index (κ1) is 55.2. The second-order valence-electron chi connectivity index (χ2n) is 18.2. The molecule has 3 aliphatic heterocycles. The quantitative estimate of drug-likeness (QED) is 0.106. The van der Waals surface area contributed by atoms with Gasteiger partial charge in [-0.25, -0.2) is 4.39 Å². The average molecular weight is 838 g/mol. The predicted octanol–water partition coefficient (Wildman–Crippen LogP) is 7.78. The molecule has 12 nitrogen and oxygen atoms in total. The largest absolute Gasteiger partial charge is 0.376 e. The number of Topliss-reactive ketones (excluding diaryl/α,β-unsaturated/α-hetero) is 1. The molecule has 0 aromatic heterocycles. The number of alkyl halides is 1. The Balaban J connectivity index is 0.000000450. The van der Waals surface area contributed by atoms with Crippen LogP contribution in [0.2, 0.25) is 0 Å². The molecule has 3 fully saturated rings. The first-order valence-corrected chi connectivity index (χ1v) is 22.2. The van der Waals surface area contributed by atoms with Crippen LogP contribution in [-0.2, 0) is 52.2 Å². The molecular formula is C45H88FNO11. The zero-order valence-electron chi connectivity index (χ0n) is 40.0. The number of ketones is 1. The molecule has 0 radical (unpaired) electrons. The number of halogens is 1. The van der Waals surface area contributed by atoms with Crippen LogP contribution in [0.4, 0.5) is 4.39 Å². The Morgan fingerprint density at radius 2 is 1.19 bits per heavy atom. The van der Waals surface area contributed by atoms with Gasteiger partial charge in [0.1, 0.15) is 43.2 Å². The Morgan fingerprint density at radius 3 is 1.69 bits per heavy atom. The third-order valence-electron chi connectivity index (χ3n) is 9.62. The fourth-order valence-corrected chi connectivity index (χ4v) is 7.37. The van der Waals surface area contributed by atoms with Crippen LogP contribution < -0.4 is 0 Å². The van der Waals surface area contributed by atoms with Crippen molar-refractivity contribution in [3.8, 4) is 0 Å². The van der Waals surface area contributed by atoms with E-state index in [1.165, 1.54) is 0 Å². The van der Waals surface area contributed by atoms with Crippen molar-refractivity contribution >= 4 is 5.78 Å². The summed E-state index contributed by atoms with van der Waals surface area (Å²) in [4.78, 5) is 14.1. The van der Waals surface area contributed by atoms with E-state index >= 15 is 0 Å². The normalized spacial score (nSPS) is 31.1. The standard InChI is InChI=1S/C19H37NO5.C13H25FO3.C13H26O3/c1-13(2)22-12-17-19(24-14(3)4)18(15(5)25-17)23-11-16(21)9-8-10-20(6)7;1-7(2)15-10(6)12-13(16-8(3)4)11(14)9(5)17-12;1-8(2)14-11(6)13-12(15-9(3)4)7-10(5)16-13/h13-15,17-19H,8-12H2,1-7H3;7-13H,1-6H3;8-13H,7H2,1-6H3/t15-,17+,18-,19+;9-,10-,11-,12+,13-;10-,11+,12-,13?/m000/s1. The lowest BCUT2D eigenvalue weighted by Crippen LogP contribution is -2.41. The van der Waals surface area contributed by atoms with Crippen molar-refractivity contribution in [3.05, 3.63) is 0 Å². The minimum absolute atomic E-state index is 0.0131. The molecule has 3 rings (SSSR count). The second-order valence-corrected chi connectivity index (χ2v) is 18.2. The highest BCUT2D eigenvalue weighted by Gasteiger charge is 2.47. The molecule has 1 unspecified atom stereocenters. The molecular weight excluding hydrogens is 749 g/mol. The lowest BCUT2D eigenvalue weighted by molar-refractivity contribution is -0.132. The van der Waals surface area contributed by atoms with E-state index in [2.05, 4.69) is 32.6 Å². The summed E-state index contributed by atoms with van der Waals surface area (Å²) in [5, 5.41) is 0. The summed E-state index contributed by atoms with van der Waals surface area (Å²) in [6, 6.07) is 0. The Kier molecular flexibility index (Phi) is 26.6. The minimum Gasteiger partial charge on any atom is -0.376 e. The number of hydrogen-bond acceptors (Lipinski definition) is 12. The molecule has 0 spiro atoms. The van der Waals surface area contributed by atoms with Crippen LogP contribution in [-0.4, -0.2) is 161 Å². The van der Waals surface area contributed by atoms with Crippen molar-refractivity contribution < 1.29 is 56.6 Å². The Hall–Kier alpha value is -0.840. The lowest BCUT2D eigenvalue weighted by atomic mass is 10.1. The van der Waals surface area contributed by atoms with Crippen LogP contribution in [0.5, 0.6) is 0 Å². The summed E-state index contributed by atoms with van der Waals surface area (Å²) >= 11 is 0. The van der Waals surface area contributed by atoms with Crippen LogP contribution in [0.1, 0.15) is 137 Å². The third kappa shape index (κ3) is 21.3.